The maximum absolute atomic E-state index is 13.9. The van der Waals surface area contributed by atoms with Gasteiger partial charge in [0.05, 0.1) is 24.1 Å². The number of nitrogens with zero attached hydrogens (tertiary/aromatic N) is 5. The molecule has 6 aromatic rings. The summed E-state index contributed by atoms with van der Waals surface area (Å²) in [5.74, 6) is 0.590. The molecule has 0 unspecified atom stereocenters. The van der Waals surface area contributed by atoms with Crippen LogP contribution in [0, 0.1) is 6.92 Å². The molecule has 0 fully saturated rings. The van der Waals surface area contributed by atoms with Crippen LogP contribution in [0.25, 0.3) is 33.2 Å². The molecule has 0 aliphatic carbocycles. The lowest BCUT2D eigenvalue weighted by molar-refractivity contribution is 0.707. The minimum absolute atomic E-state index is 0.170. The van der Waals surface area contributed by atoms with Gasteiger partial charge in [-0.05, 0) is 48.4 Å². The van der Waals surface area contributed by atoms with E-state index in [0.717, 1.165) is 22.2 Å². The lowest BCUT2D eigenvalue weighted by atomic mass is 10.2. The largest absolute Gasteiger partial charge is 0.304 e. The molecule has 8 heteroatoms. The molecular weight excluding hydrogens is 481 g/mol. The van der Waals surface area contributed by atoms with Gasteiger partial charge in [0.25, 0.3) is 5.56 Å². The van der Waals surface area contributed by atoms with Crippen LogP contribution in [0.2, 0.25) is 10.0 Å². The molecule has 3 aromatic carbocycles. The highest BCUT2D eigenvalue weighted by Gasteiger charge is 2.21. The summed E-state index contributed by atoms with van der Waals surface area (Å²) in [6.07, 6.45) is 0. The SMILES string of the molecule is Cc1nc2c(c(=O)n1Cc1ccccc1Cl)c1nc3ccccc3nc1n2Cc1ccc(Cl)cc1. The minimum Gasteiger partial charge on any atom is -0.304 e. The van der Waals surface area contributed by atoms with Gasteiger partial charge in [0.1, 0.15) is 16.7 Å². The zero-order chi connectivity index (χ0) is 24.1. The van der Waals surface area contributed by atoms with Gasteiger partial charge in [-0.1, -0.05) is 65.7 Å². The summed E-state index contributed by atoms with van der Waals surface area (Å²) >= 11 is 12.5. The number of hydrogen-bond donors (Lipinski definition) is 0. The highest BCUT2D eigenvalue weighted by molar-refractivity contribution is 6.31. The van der Waals surface area contributed by atoms with E-state index in [-0.39, 0.29) is 5.56 Å². The number of benzene rings is 3. The Morgan fingerprint density at radius 2 is 1.43 bits per heavy atom. The van der Waals surface area contributed by atoms with Crippen molar-refractivity contribution in [2.75, 3.05) is 0 Å². The van der Waals surface area contributed by atoms with Crippen molar-refractivity contribution in [2.45, 2.75) is 20.0 Å². The van der Waals surface area contributed by atoms with Crippen LogP contribution in [0.4, 0.5) is 0 Å². The standard InChI is InChI=1S/C27H19Cl2N5O/c1-16-30-25-23(27(35)33(16)15-18-6-2-3-7-20(18)29)24-26(32-22-9-5-4-8-21(22)31-24)34(25)14-17-10-12-19(28)13-11-17/h2-13H,14-15H2,1H3. The maximum Gasteiger partial charge on any atom is 0.265 e. The number of fused-ring (bicyclic) bond motifs is 4. The predicted octanol–water partition coefficient (Wildman–Crippen LogP) is 6.01. The molecule has 0 bridgehead atoms. The topological polar surface area (TPSA) is 65.6 Å². The smallest absolute Gasteiger partial charge is 0.265 e. The molecule has 0 radical (unpaired) electrons. The van der Waals surface area contributed by atoms with Crippen molar-refractivity contribution in [3.05, 3.63) is 110 Å². The Bertz CT molecular complexity index is 1810. The summed E-state index contributed by atoms with van der Waals surface area (Å²) < 4.78 is 3.61. The van der Waals surface area contributed by atoms with Crippen LogP contribution in [-0.4, -0.2) is 24.1 Å². The maximum atomic E-state index is 13.9. The van der Waals surface area contributed by atoms with Crippen LogP contribution in [0.1, 0.15) is 17.0 Å². The second-order valence-corrected chi connectivity index (χ2v) is 9.28. The van der Waals surface area contributed by atoms with E-state index in [1.807, 2.05) is 84.3 Å². The van der Waals surface area contributed by atoms with Gasteiger partial charge in [0, 0.05) is 10.0 Å². The summed E-state index contributed by atoms with van der Waals surface area (Å²) in [4.78, 5) is 28.5. The molecule has 0 saturated carbocycles. The monoisotopic (exact) mass is 499 g/mol. The number of aryl methyl sites for hydroxylation is 1. The molecule has 6 nitrogen and oxygen atoms in total. The van der Waals surface area contributed by atoms with Gasteiger partial charge in [-0.3, -0.25) is 9.36 Å². The Morgan fingerprint density at radius 1 is 0.743 bits per heavy atom. The number of rotatable bonds is 4. The van der Waals surface area contributed by atoms with Crippen molar-refractivity contribution in [2.24, 2.45) is 0 Å². The van der Waals surface area contributed by atoms with E-state index in [0.29, 0.717) is 51.2 Å². The third-order valence-electron chi connectivity index (χ3n) is 6.18. The summed E-state index contributed by atoms with van der Waals surface area (Å²) in [6, 6.07) is 22.8. The highest BCUT2D eigenvalue weighted by atomic mass is 35.5. The second kappa shape index (κ2) is 8.48. The van der Waals surface area contributed by atoms with Crippen molar-refractivity contribution in [1.29, 1.82) is 0 Å². The number of hydrogen-bond acceptors (Lipinski definition) is 4. The van der Waals surface area contributed by atoms with E-state index >= 15 is 0 Å². The van der Waals surface area contributed by atoms with Crippen LogP contribution >= 0.6 is 23.2 Å². The van der Waals surface area contributed by atoms with Crippen molar-refractivity contribution >= 4 is 56.4 Å². The van der Waals surface area contributed by atoms with Crippen LogP contribution in [-0.2, 0) is 13.1 Å². The average molecular weight is 500 g/mol. The minimum atomic E-state index is -0.170. The Kier molecular flexibility index (Phi) is 5.28. The fourth-order valence-corrected chi connectivity index (χ4v) is 4.72. The lowest BCUT2D eigenvalue weighted by Crippen LogP contribution is -2.25. The quantitative estimate of drug-likeness (QED) is 0.298. The Labute approximate surface area is 210 Å². The number of halogens is 2. The van der Waals surface area contributed by atoms with Gasteiger partial charge < -0.3 is 4.57 Å². The summed E-state index contributed by atoms with van der Waals surface area (Å²) in [7, 11) is 0. The van der Waals surface area contributed by atoms with Gasteiger partial charge >= 0.3 is 0 Å². The van der Waals surface area contributed by atoms with Crippen molar-refractivity contribution < 1.29 is 0 Å². The zero-order valence-electron chi connectivity index (χ0n) is 18.7. The Balaban J connectivity index is 1.65. The number of aromatic nitrogens is 5. The van der Waals surface area contributed by atoms with Crippen molar-refractivity contribution in [3.8, 4) is 0 Å². The molecule has 6 rings (SSSR count). The van der Waals surface area contributed by atoms with Gasteiger partial charge in [0.15, 0.2) is 11.3 Å². The Morgan fingerprint density at radius 3 is 2.17 bits per heavy atom. The van der Waals surface area contributed by atoms with Crippen molar-refractivity contribution in [3.63, 3.8) is 0 Å². The molecule has 3 aromatic heterocycles. The van der Waals surface area contributed by atoms with Gasteiger partial charge in [-0.2, -0.15) is 0 Å². The van der Waals surface area contributed by atoms with E-state index < -0.39 is 0 Å². The predicted molar refractivity (Wildman–Crippen MR) is 140 cm³/mol. The normalized spacial score (nSPS) is 11.6. The lowest BCUT2D eigenvalue weighted by Gasteiger charge is -2.12. The Hall–Kier alpha value is -3.74. The molecule has 0 aliphatic rings. The van der Waals surface area contributed by atoms with E-state index in [1.54, 1.807) is 4.57 Å². The first kappa shape index (κ1) is 21.8. The van der Waals surface area contributed by atoms with Gasteiger partial charge in [-0.25, -0.2) is 15.0 Å². The third-order valence-corrected chi connectivity index (χ3v) is 6.80. The summed E-state index contributed by atoms with van der Waals surface area (Å²) in [5, 5.41) is 1.72. The molecule has 0 N–H and O–H groups in total. The van der Waals surface area contributed by atoms with Crippen LogP contribution < -0.4 is 5.56 Å². The average Bonchev–Trinajstić information content (AvgIpc) is 3.14. The van der Waals surface area contributed by atoms with Gasteiger partial charge in [0.2, 0.25) is 0 Å². The molecular formula is C27H19Cl2N5O. The third kappa shape index (κ3) is 3.75. The molecule has 172 valence electrons. The van der Waals surface area contributed by atoms with E-state index in [2.05, 4.69) is 0 Å². The first-order valence-corrected chi connectivity index (χ1v) is 11.9. The van der Waals surface area contributed by atoms with E-state index in [9.17, 15) is 4.79 Å². The van der Waals surface area contributed by atoms with E-state index in [4.69, 9.17) is 38.2 Å². The number of para-hydroxylation sites is 2. The first-order valence-electron chi connectivity index (χ1n) is 11.1. The molecule has 0 aliphatic heterocycles. The molecule has 0 spiro atoms. The van der Waals surface area contributed by atoms with Crippen LogP contribution in [0.15, 0.2) is 77.6 Å². The summed E-state index contributed by atoms with van der Waals surface area (Å²) in [6.45, 7) is 2.63. The molecule has 35 heavy (non-hydrogen) atoms. The van der Waals surface area contributed by atoms with Crippen molar-refractivity contribution in [1.82, 2.24) is 24.1 Å². The van der Waals surface area contributed by atoms with Crippen LogP contribution in [0.5, 0.6) is 0 Å². The van der Waals surface area contributed by atoms with E-state index in [1.165, 1.54) is 0 Å². The fourth-order valence-electron chi connectivity index (χ4n) is 4.40. The summed E-state index contributed by atoms with van der Waals surface area (Å²) in [5.41, 5.74) is 4.90. The molecule has 3 heterocycles. The molecule has 0 amide bonds. The zero-order valence-corrected chi connectivity index (χ0v) is 20.3. The first-order chi connectivity index (χ1) is 17.0. The fraction of sp³-hybridized carbons (Fsp3) is 0.111. The molecule has 0 atom stereocenters. The second-order valence-electron chi connectivity index (χ2n) is 8.44. The highest BCUT2D eigenvalue weighted by Crippen LogP contribution is 2.27. The van der Waals surface area contributed by atoms with Gasteiger partial charge in [-0.15, -0.1) is 0 Å². The van der Waals surface area contributed by atoms with Crippen LogP contribution in [0.3, 0.4) is 0 Å². The molecule has 0 saturated heterocycles.